The van der Waals surface area contributed by atoms with Crippen LogP contribution < -0.4 is 10.2 Å². The molecule has 1 fully saturated rings. The van der Waals surface area contributed by atoms with Crippen LogP contribution in [0.15, 0.2) is 18.2 Å². The van der Waals surface area contributed by atoms with E-state index in [1.165, 1.54) is 6.07 Å². The number of benzene rings is 1. The minimum Gasteiger partial charge on any atom is -0.363 e. The molecule has 0 aliphatic carbocycles. The fourth-order valence-electron chi connectivity index (χ4n) is 2.53. The SMILES string of the molecule is CC1(C)CNCCN1c1ccc([N+](=O)[O-])cc1C(F)(F)F. The normalized spacial score (nSPS) is 18.6. The summed E-state index contributed by atoms with van der Waals surface area (Å²) in [6.07, 6.45) is -4.64. The number of halogens is 3. The van der Waals surface area contributed by atoms with Crippen LogP contribution in [0.4, 0.5) is 24.5 Å². The molecule has 0 atom stereocenters. The van der Waals surface area contributed by atoms with Crippen molar-refractivity contribution in [3.8, 4) is 0 Å². The van der Waals surface area contributed by atoms with E-state index in [9.17, 15) is 23.3 Å². The van der Waals surface area contributed by atoms with Crippen LogP contribution in [-0.4, -0.2) is 30.1 Å². The van der Waals surface area contributed by atoms with Crippen molar-refractivity contribution < 1.29 is 18.1 Å². The van der Waals surface area contributed by atoms with Gasteiger partial charge in [-0.2, -0.15) is 13.2 Å². The van der Waals surface area contributed by atoms with Crippen LogP contribution >= 0.6 is 0 Å². The van der Waals surface area contributed by atoms with Gasteiger partial charge in [-0.15, -0.1) is 0 Å². The van der Waals surface area contributed by atoms with Gasteiger partial charge in [0.1, 0.15) is 0 Å². The van der Waals surface area contributed by atoms with E-state index in [-0.39, 0.29) is 5.69 Å². The van der Waals surface area contributed by atoms with Crippen LogP contribution in [0.1, 0.15) is 19.4 Å². The molecular formula is C13H16F3N3O2. The third-order valence-electron chi connectivity index (χ3n) is 3.59. The number of hydrogen-bond acceptors (Lipinski definition) is 4. The van der Waals surface area contributed by atoms with Gasteiger partial charge in [0.05, 0.1) is 10.5 Å². The lowest BCUT2D eigenvalue weighted by molar-refractivity contribution is -0.385. The Balaban J connectivity index is 2.55. The minimum absolute atomic E-state index is 0.0143. The van der Waals surface area contributed by atoms with Gasteiger partial charge >= 0.3 is 6.18 Å². The number of nitrogens with zero attached hydrogens (tertiary/aromatic N) is 2. The van der Waals surface area contributed by atoms with E-state index >= 15 is 0 Å². The number of piperazine rings is 1. The van der Waals surface area contributed by atoms with Crippen molar-refractivity contribution in [1.82, 2.24) is 5.32 Å². The van der Waals surface area contributed by atoms with Gasteiger partial charge in [-0.05, 0) is 19.9 Å². The van der Waals surface area contributed by atoms with Crippen LogP contribution in [-0.2, 0) is 6.18 Å². The summed E-state index contributed by atoms with van der Waals surface area (Å²) in [5.41, 5.74) is -2.04. The molecule has 0 unspecified atom stereocenters. The zero-order chi connectivity index (χ0) is 15.8. The van der Waals surface area contributed by atoms with E-state index < -0.39 is 27.9 Å². The lowest BCUT2D eigenvalue weighted by Crippen LogP contribution is -2.58. The Morgan fingerprint density at radius 1 is 1.38 bits per heavy atom. The Bertz CT molecular complexity index is 558. The molecule has 0 aromatic heterocycles. The van der Waals surface area contributed by atoms with Gasteiger partial charge < -0.3 is 10.2 Å². The minimum atomic E-state index is -4.64. The maximum atomic E-state index is 13.2. The molecule has 5 nitrogen and oxygen atoms in total. The molecule has 0 amide bonds. The van der Waals surface area contributed by atoms with Crippen molar-refractivity contribution >= 4 is 11.4 Å². The first kappa shape index (κ1) is 15.6. The number of non-ortho nitro benzene ring substituents is 1. The number of nitrogens with one attached hydrogen (secondary N) is 1. The molecule has 1 aromatic carbocycles. The standard InChI is InChI=1S/C13H16F3N3O2/c1-12(2)8-17-5-6-18(12)11-4-3-9(19(20)21)7-10(11)13(14,15)16/h3-4,7,17H,5-6,8H2,1-2H3. The van der Waals surface area contributed by atoms with Crippen molar-refractivity contribution in [3.05, 3.63) is 33.9 Å². The lowest BCUT2D eigenvalue weighted by atomic mass is 9.97. The first-order valence-corrected chi connectivity index (χ1v) is 6.47. The van der Waals surface area contributed by atoms with E-state index in [1.807, 2.05) is 13.8 Å². The summed E-state index contributed by atoms with van der Waals surface area (Å²) in [6.45, 7) is 5.19. The van der Waals surface area contributed by atoms with E-state index in [0.29, 0.717) is 25.7 Å². The molecule has 116 valence electrons. The summed E-state index contributed by atoms with van der Waals surface area (Å²) >= 11 is 0. The molecule has 0 bridgehead atoms. The molecule has 0 spiro atoms. The first-order valence-electron chi connectivity index (χ1n) is 6.47. The quantitative estimate of drug-likeness (QED) is 0.674. The van der Waals surface area contributed by atoms with Gasteiger partial charge in [-0.3, -0.25) is 10.1 Å². The van der Waals surface area contributed by atoms with Crippen LogP contribution in [0.3, 0.4) is 0 Å². The predicted molar refractivity (Wildman–Crippen MR) is 72.4 cm³/mol. The van der Waals surface area contributed by atoms with Crippen LogP contribution in [0.2, 0.25) is 0 Å². The second-order valence-corrected chi connectivity index (χ2v) is 5.60. The molecule has 1 heterocycles. The average Bonchev–Trinajstić information content (AvgIpc) is 2.36. The van der Waals surface area contributed by atoms with Gasteiger partial charge in [0.25, 0.3) is 5.69 Å². The van der Waals surface area contributed by atoms with E-state index in [4.69, 9.17) is 0 Å². The Kier molecular flexibility index (Phi) is 3.83. The summed E-state index contributed by atoms with van der Waals surface area (Å²) in [5.74, 6) is 0. The summed E-state index contributed by atoms with van der Waals surface area (Å²) in [7, 11) is 0. The molecule has 1 aliphatic rings. The van der Waals surface area contributed by atoms with E-state index in [1.54, 1.807) is 4.90 Å². The molecule has 0 radical (unpaired) electrons. The number of alkyl halides is 3. The van der Waals surface area contributed by atoms with Gasteiger partial charge in [-0.25, -0.2) is 0 Å². The average molecular weight is 303 g/mol. The largest absolute Gasteiger partial charge is 0.418 e. The summed E-state index contributed by atoms with van der Waals surface area (Å²) < 4.78 is 39.7. The zero-order valence-electron chi connectivity index (χ0n) is 11.7. The Labute approximate surface area is 119 Å². The molecule has 8 heteroatoms. The van der Waals surface area contributed by atoms with Crippen molar-refractivity contribution in [2.24, 2.45) is 0 Å². The Morgan fingerprint density at radius 3 is 2.57 bits per heavy atom. The highest BCUT2D eigenvalue weighted by molar-refractivity contribution is 5.61. The summed E-state index contributed by atoms with van der Waals surface area (Å²) in [4.78, 5) is 11.5. The molecule has 1 aliphatic heterocycles. The molecule has 1 aromatic rings. The fraction of sp³-hybridized carbons (Fsp3) is 0.538. The van der Waals surface area contributed by atoms with Crippen molar-refractivity contribution in [2.75, 3.05) is 24.5 Å². The van der Waals surface area contributed by atoms with E-state index in [2.05, 4.69) is 5.32 Å². The molecule has 2 rings (SSSR count). The number of anilines is 1. The molecule has 21 heavy (non-hydrogen) atoms. The van der Waals surface area contributed by atoms with Crippen LogP contribution in [0.25, 0.3) is 0 Å². The smallest absolute Gasteiger partial charge is 0.363 e. The van der Waals surface area contributed by atoms with Crippen molar-refractivity contribution in [2.45, 2.75) is 25.6 Å². The topological polar surface area (TPSA) is 58.4 Å². The fourth-order valence-corrected chi connectivity index (χ4v) is 2.53. The van der Waals surface area contributed by atoms with Gasteiger partial charge in [0.15, 0.2) is 0 Å². The third-order valence-corrected chi connectivity index (χ3v) is 3.59. The maximum Gasteiger partial charge on any atom is 0.418 e. The monoisotopic (exact) mass is 303 g/mol. The highest BCUT2D eigenvalue weighted by Crippen LogP contribution is 2.40. The second kappa shape index (κ2) is 5.18. The number of nitro benzene ring substituents is 1. The highest BCUT2D eigenvalue weighted by Gasteiger charge is 2.40. The summed E-state index contributed by atoms with van der Waals surface area (Å²) in [5, 5.41) is 13.8. The molecule has 1 N–H and O–H groups in total. The Hall–Kier alpha value is -1.83. The van der Waals surface area contributed by atoms with Gasteiger partial charge in [0, 0.05) is 43.0 Å². The van der Waals surface area contributed by atoms with Crippen LogP contribution in [0.5, 0.6) is 0 Å². The lowest BCUT2D eigenvalue weighted by Gasteiger charge is -2.45. The highest BCUT2D eigenvalue weighted by atomic mass is 19.4. The molecule has 1 saturated heterocycles. The summed E-state index contributed by atoms with van der Waals surface area (Å²) in [6, 6.07) is 2.91. The first-order chi connectivity index (χ1) is 9.63. The zero-order valence-corrected chi connectivity index (χ0v) is 11.7. The van der Waals surface area contributed by atoms with Gasteiger partial charge in [0.2, 0.25) is 0 Å². The number of hydrogen-bond donors (Lipinski definition) is 1. The van der Waals surface area contributed by atoms with Crippen molar-refractivity contribution in [3.63, 3.8) is 0 Å². The number of rotatable bonds is 2. The Morgan fingerprint density at radius 2 is 2.05 bits per heavy atom. The maximum absolute atomic E-state index is 13.2. The predicted octanol–water partition coefficient (Wildman–Crippen LogP) is 2.80. The van der Waals surface area contributed by atoms with Crippen LogP contribution in [0, 0.1) is 10.1 Å². The van der Waals surface area contributed by atoms with E-state index in [0.717, 1.165) is 6.07 Å². The van der Waals surface area contributed by atoms with Crippen molar-refractivity contribution in [1.29, 1.82) is 0 Å². The van der Waals surface area contributed by atoms with Gasteiger partial charge in [-0.1, -0.05) is 0 Å². The second-order valence-electron chi connectivity index (χ2n) is 5.60. The molecule has 0 saturated carbocycles. The number of nitro groups is 1. The molecular weight excluding hydrogens is 287 g/mol. The third kappa shape index (κ3) is 3.10.